The third-order valence-corrected chi connectivity index (χ3v) is 5.86. The molecular weight excluding hydrogens is 358 g/mol. The lowest BCUT2D eigenvalue weighted by molar-refractivity contribution is -0.151. The van der Waals surface area contributed by atoms with Crippen molar-refractivity contribution in [3.8, 4) is 0 Å². The molecule has 124 valence electrons. The molecule has 23 heavy (non-hydrogen) atoms. The Morgan fingerprint density at radius 1 is 1.17 bits per heavy atom. The zero-order valence-corrected chi connectivity index (χ0v) is 15.0. The summed E-state index contributed by atoms with van der Waals surface area (Å²) in [7, 11) is 1.43. The third kappa shape index (κ3) is 3.03. The summed E-state index contributed by atoms with van der Waals surface area (Å²) in [5, 5.41) is 0. The average Bonchev–Trinajstić information content (AvgIpc) is 2.55. The summed E-state index contributed by atoms with van der Waals surface area (Å²) in [6, 6.07) is 8.13. The van der Waals surface area contributed by atoms with Gasteiger partial charge >= 0.3 is 5.97 Å². The van der Waals surface area contributed by atoms with Gasteiger partial charge in [-0.05, 0) is 43.4 Å². The highest BCUT2D eigenvalue weighted by Gasteiger charge is 2.48. The maximum Gasteiger partial charge on any atom is 0.308 e. The second-order valence-corrected chi connectivity index (χ2v) is 7.45. The maximum atomic E-state index is 13.1. The molecule has 3 rings (SSSR count). The average molecular weight is 380 g/mol. The minimum atomic E-state index is -0.348. The van der Waals surface area contributed by atoms with Gasteiger partial charge in [-0.2, -0.15) is 0 Å². The Balaban J connectivity index is 1.72. The number of rotatable bonds is 3. The summed E-state index contributed by atoms with van der Waals surface area (Å²) in [4.78, 5) is 26.7. The fraction of sp³-hybridized carbons (Fsp3) is 0.556. The van der Waals surface area contributed by atoms with Crippen molar-refractivity contribution in [2.75, 3.05) is 20.2 Å². The molecule has 1 aliphatic heterocycles. The second-order valence-electron chi connectivity index (χ2n) is 6.53. The fourth-order valence-corrected chi connectivity index (χ4v) is 3.98. The molecule has 1 aromatic rings. The molecule has 0 atom stereocenters. The number of amides is 1. The first-order chi connectivity index (χ1) is 11.1. The van der Waals surface area contributed by atoms with E-state index in [-0.39, 0.29) is 23.2 Å². The second kappa shape index (κ2) is 6.63. The largest absolute Gasteiger partial charge is 0.469 e. The molecule has 0 bridgehead atoms. The van der Waals surface area contributed by atoms with Crippen LogP contribution in [0, 0.1) is 5.92 Å². The Hall–Kier alpha value is -1.36. The standard InChI is InChI=1S/C18H22BrNO3/c1-23-16(21)13-7-11-20(12-8-13)17(22)18(9-2-10-18)14-3-5-15(19)6-4-14/h3-6,13H,2,7-12H2,1H3. The van der Waals surface area contributed by atoms with Crippen LogP contribution in [0.25, 0.3) is 0 Å². The van der Waals surface area contributed by atoms with Crippen LogP contribution in [0.4, 0.5) is 0 Å². The number of ether oxygens (including phenoxy) is 1. The number of nitrogens with zero attached hydrogens (tertiary/aromatic N) is 1. The van der Waals surface area contributed by atoms with E-state index in [1.807, 2.05) is 17.0 Å². The van der Waals surface area contributed by atoms with Crippen molar-refractivity contribution < 1.29 is 14.3 Å². The van der Waals surface area contributed by atoms with E-state index in [2.05, 4.69) is 28.1 Å². The lowest BCUT2D eigenvalue weighted by atomic mass is 9.63. The SMILES string of the molecule is COC(=O)C1CCN(C(=O)C2(c3ccc(Br)cc3)CCC2)CC1. The van der Waals surface area contributed by atoms with Gasteiger partial charge in [0.25, 0.3) is 0 Å². The van der Waals surface area contributed by atoms with Crippen molar-refractivity contribution in [1.29, 1.82) is 0 Å². The van der Waals surface area contributed by atoms with Gasteiger partial charge < -0.3 is 9.64 Å². The van der Waals surface area contributed by atoms with E-state index in [1.54, 1.807) is 0 Å². The van der Waals surface area contributed by atoms with Crippen LogP contribution in [0.2, 0.25) is 0 Å². The number of esters is 1. The van der Waals surface area contributed by atoms with E-state index in [4.69, 9.17) is 4.74 Å². The molecule has 0 spiro atoms. The van der Waals surface area contributed by atoms with Gasteiger partial charge in [0, 0.05) is 17.6 Å². The normalized spacial score (nSPS) is 20.7. The predicted molar refractivity (Wildman–Crippen MR) is 91.0 cm³/mol. The number of halogens is 1. The maximum absolute atomic E-state index is 13.1. The molecule has 1 saturated carbocycles. The van der Waals surface area contributed by atoms with Crippen LogP contribution < -0.4 is 0 Å². The van der Waals surface area contributed by atoms with Gasteiger partial charge in [0.2, 0.25) is 5.91 Å². The molecule has 0 N–H and O–H groups in total. The minimum absolute atomic E-state index is 0.0610. The predicted octanol–water partition coefficient (Wildman–Crippen LogP) is 3.28. The molecular formula is C18H22BrNO3. The summed E-state index contributed by atoms with van der Waals surface area (Å²) < 4.78 is 5.85. The highest BCUT2D eigenvalue weighted by Crippen LogP contribution is 2.46. The first kappa shape index (κ1) is 16.5. The summed E-state index contributed by atoms with van der Waals surface area (Å²) in [5.74, 6) is 0.0202. The Morgan fingerprint density at radius 2 is 1.78 bits per heavy atom. The van der Waals surface area contributed by atoms with Crippen LogP contribution in [-0.4, -0.2) is 37.0 Å². The Morgan fingerprint density at radius 3 is 2.26 bits per heavy atom. The first-order valence-electron chi connectivity index (χ1n) is 8.20. The van der Waals surface area contributed by atoms with Crippen molar-refractivity contribution in [2.24, 2.45) is 5.92 Å². The van der Waals surface area contributed by atoms with Gasteiger partial charge in [-0.25, -0.2) is 0 Å². The smallest absolute Gasteiger partial charge is 0.308 e. The molecule has 4 nitrogen and oxygen atoms in total. The summed E-state index contributed by atoms with van der Waals surface area (Å²) in [6.45, 7) is 1.30. The molecule has 2 aliphatic rings. The fourth-order valence-electron chi connectivity index (χ4n) is 3.71. The highest BCUT2D eigenvalue weighted by atomic mass is 79.9. The molecule has 0 unspecified atom stereocenters. The molecule has 2 fully saturated rings. The van der Waals surface area contributed by atoms with E-state index in [0.717, 1.165) is 29.3 Å². The van der Waals surface area contributed by atoms with Gasteiger partial charge in [0.1, 0.15) is 0 Å². The summed E-state index contributed by atoms with van der Waals surface area (Å²) >= 11 is 3.45. The number of piperidine rings is 1. The highest BCUT2D eigenvalue weighted by molar-refractivity contribution is 9.10. The quantitative estimate of drug-likeness (QED) is 0.757. The Kier molecular flexibility index (Phi) is 4.76. The van der Waals surface area contributed by atoms with Crippen LogP contribution in [0.1, 0.15) is 37.7 Å². The van der Waals surface area contributed by atoms with Crippen LogP contribution in [0.15, 0.2) is 28.7 Å². The summed E-state index contributed by atoms with van der Waals surface area (Å²) in [6.07, 6.45) is 4.35. The zero-order valence-electron chi connectivity index (χ0n) is 13.4. The number of carbonyl (C=O) groups excluding carboxylic acids is 2. The van der Waals surface area contributed by atoms with Crippen LogP contribution >= 0.6 is 15.9 Å². The third-order valence-electron chi connectivity index (χ3n) is 5.33. The first-order valence-corrected chi connectivity index (χ1v) is 8.99. The van der Waals surface area contributed by atoms with E-state index in [9.17, 15) is 9.59 Å². The van der Waals surface area contributed by atoms with Crippen molar-refractivity contribution in [3.63, 3.8) is 0 Å². The van der Waals surface area contributed by atoms with Gasteiger partial charge in [-0.3, -0.25) is 9.59 Å². The zero-order chi connectivity index (χ0) is 16.4. The number of carbonyl (C=O) groups is 2. The van der Waals surface area contributed by atoms with E-state index in [0.29, 0.717) is 25.9 Å². The van der Waals surface area contributed by atoms with E-state index in [1.165, 1.54) is 7.11 Å². The van der Waals surface area contributed by atoms with Gasteiger partial charge in [0.05, 0.1) is 18.4 Å². The molecule has 1 aromatic carbocycles. The van der Waals surface area contributed by atoms with Crippen molar-refractivity contribution >= 4 is 27.8 Å². The Bertz CT molecular complexity index is 587. The van der Waals surface area contributed by atoms with Crippen molar-refractivity contribution in [1.82, 2.24) is 4.90 Å². The lowest BCUT2D eigenvalue weighted by Crippen LogP contribution is -2.53. The summed E-state index contributed by atoms with van der Waals surface area (Å²) in [5.41, 5.74) is 0.769. The van der Waals surface area contributed by atoms with Crippen molar-refractivity contribution in [2.45, 2.75) is 37.5 Å². The Labute approximate surface area is 145 Å². The molecule has 1 amide bonds. The monoisotopic (exact) mass is 379 g/mol. The molecule has 1 heterocycles. The number of hydrogen-bond acceptors (Lipinski definition) is 3. The number of hydrogen-bond donors (Lipinski definition) is 0. The van der Waals surface area contributed by atoms with Gasteiger partial charge in [-0.1, -0.05) is 34.5 Å². The minimum Gasteiger partial charge on any atom is -0.469 e. The van der Waals surface area contributed by atoms with Crippen molar-refractivity contribution in [3.05, 3.63) is 34.3 Å². The molecule has 1 saturated heterocycles. The van der Waals surface area contributed by atoms with E-state index < -0.39 is 0 Å². The molecule has 0 radical (unpaired) electrons. The topological polar surface area (TPSA) is 46.6 Å². The number of likely N-dealkylation sites (tertiary alicyclic amines) is 1. The van der Waals surface area contributed by atoms with E-state index >= 15 is 0 Å². The van der Waals surface area contributed by atoms with Crippen LogP contribution in [0.3, 0.4) is 0 Å². The van der Waals surface area contributed by atoms with Gasteiger partial charge in [-0.15, -0.1) is 0 Å². The lowest BCUT2D eigenvalue weighted by Gasteiger charge is -2.45. The van der Waals surface area contributed by atoms with Crippen LogP contribution in [-0.2, 0) is 19.7 Å². The number of methoxy groups -OCH3 is 1. The van der Waals surface area contributed by atoms with Gasteiger partial charge in [0.15, 0.2) is 0 Å². The molecule has 5 heteroatoms. The molecule has 1 aliphatic carbocycles. The molecule has 0 aromatic heterocycles. The van der Waals surface area contributed by atoms with Crippen LogP contribution in [0.5, 0.6) is 0 Å². The number of benzene rings is 1.